The van der Waals surface area contributed by atoms with Crippen LogP contribution in [0.3, 0.4) is 0 Å². The Balaban J connectivity index is 0.000000141. The molecule has 0 N–H and O–H groups in total. The van der Waals surface area contributed by atoms with Crippen LogP contribution in [0.4, 0.5) is 0 Å². The van der Waals surface area contributed by atoms with Crippen molar-refractivity contribution in [2.24, 2.45) is 0 Å². The lowest BCUT2D eigenvalue weighted by Crippen LogP contribution is -2.06. The summed E-state index contributed by atoms with van der Waals surface area (Å²) in [5.74, 6) is 3.46. The number of fused-ring (bicyclic) bond motifs is 14. The first-order valence-electron chi connectivity index (χ1n) is 35.5. The molecule has 21 rings (SSSR count). The Kier molecular flexibility index (Phi) is 15.0. The summed E-state index contributed by atoms with van der Waals surface area (Å²) in [5.41, 5.74) is 22.0. The number of furan rings is 2. The van der Waals surface area contributed by atoms with Crippen LogP contribution < -0.4 is 0 Å². The number of rotatable bonds is 11. The van der Waals surface area contributed by atoms with E-state index in [9.17, 15) is 0 Å². The van der Waals surface area contributed by atoms with E-state index in [4.69, 9.17) is 38.7 Å². The molecular weight excluding hydrogens is 1300 g/mol. The average molecular weight is 1360 g/mol. The molecule has 15 aromatic carbocycles. The smallest absolute Gasteiger partial charge is 0.238 e. The highest BCUT2D eigenvalue weighted by Crippen LogP contribution is 2.47. The van der Waals surface area contributed by atoms with Crippen LogP contribution in [-0.4, -0.2) is 39.0 Å². The van der Waals surface area contributed by atoms with E-state index in [2.05, 4.69) is 264 Å². The van der Waals surface area contributed by atoms with Crippen molar-refractivity contribution in [3.8, 4) is 113 Å². The van der Waals surface area contributed by atoms with Gasteiger partial charge >= 0.3 is 0 Å². The number of aromatic nitrogens is 8. The quantitative estimate of drug-likeness (QED) is 0.126. The fraction of sp³-hybridized carbons (Fsp3) is 0. The molecule has 10 nitrogen and oxygen atoms in total. The third kappa shape index (κ3) is 10.7. The summed E-state index contributed by atoms with van der Waals surface area (Å²) >= 11 is 0. The predicted molar refractivity (Wildman–Crippen MR) is 432 cm³/mol. The van der Waals surface area contributed by atoms with E-state index >= 15 is 0 Å². The highest BCUT2D eigenvalue weighted by atomic mass is 16.3. The lowest BCUT2D eigenvalue weighted by Gasteiger charge is -2.11. The molecule has 6 aromatic heterocycles. The minimum absolute atomic E-state index is 0.522. The molecule has 10 heteroatoms. The van der Waals surface area contributed by atoms with Crippen LogP contribution in [0.25, 0.3) is 201 Å². The standard InChI is InChI=1S/C51H32N4O.C45H28N4O/c1-5-15-33(16-6-1)35-25-27-38(28-26-35)50-52-49(37-21-11-4-12-22-37)53-51(54-50)55-44-24-14-13-23-40(44)41-29-30-42-46-43(36-19-9-3-10-20-36)31-39(34-17-7-2-8-18-34)32-45(46)56-48(42)47(41)55;1-5-15-29(16-6-1)33-27-37(30-17-7-2-8-18-30)40-36-26-25-35-34-23-13-14-24-38(34)49(41(35)42(36)50-39(40)28-33)45-47-43(31-19-9-3-10-20-31)46-44(48-45)32-21-11-4-12-22-32/h1-32H;1-28H. The Morgan fingerprint density at radius 1 is 0.198 bits per heavy atom. The summed E-state index contributed by atoms with van der Waals surface area (Å²) in [6.07, 6.45) is 0. The Bertz CT molecular complexity index is 6830. The summed E-state index contributed by atoms with van der Waals surface area (Å²) in [6, 6.07) is 126. The van der Waals surface area contributed by atoms with E-state index in [0.717, 1.165) is 165 Å². The Morgan fingerprint density at radius 3 is 0.811 bits per heavy atom. The molecule has 6 heterocycles. The third-order valence-electron chi connectivity index (χ3n) is 20.1. The van der Waals surface area contributed by atoms with Crippen molar-refractivity contribution in [3.63, 3.8) is 0 Å². The molecule has 0 saturated carbocycles. The first kappa shape index (κ1) is 61.4. The van der Waals surface area contributed by atoms with Gasteiger partial charge in [-0.2, -0.15) is 19.9 Å². The van der Waals surface area contributed by atoms with Gasteiger partial charge in [0.25, 0.3) is 0 Å². The van der Waals surface area contributed by atoms with Gasteiger partial charge in [-0.3, -0.25) is 9.13 Å². The zero-order valence-corrected chi connectivity index (χ0v) is 57.0. The van der Waals surface area contributed by atoms with E-state index in [0.29, 0.717) is 35.2 Å². The summed E-state index contributed by atoms with van der Waals surface area (Å²) < 4.78 is 18.4. The summed E-state index contributed by atoms with van der Waals surface area (Å²) in [4.78, 5) is 30.8. The lowest BCUT2D eigenvalue weighted by atomic mass is 9.94. The third-order valence-corrected chi connectivity index (χ3v) is 20.1. The lowest BCUT2D eigenvalue weighted by molar-refractivity contribution is 0.670. The summed E-state index contributed by atoms with van der Waals surface area (Å²) in [6.45, 7) is 0. The molecule has 0 unspecified atom stereocenters. The molecule has 106 heavy (non-hydrogen) atoms. The highest BCUT2D eigenvalue weighted by Gasteiger charge is 2.27. The molecule has 0 saturated heterocycles. The molecule has 0 spiro atoms. The normalized spacial score (nSPS) is 11.6. The van der Waals surface area contributed by atoms with Crippen LogP contribution in [0.5, 0.6) is 0 Å². The monoisotopic (exact) mass is 1360 g/mol. The SMILES string of the molecule is c1ccc(-c2cc(-c3ccccc3)c3c(c2)oc2c3ccc3c4ccccc4n(-c4nc(-c5ccccc5)nc(-c5ccccc5)n4)c32)cc1.c1ccc(-c2ccc(-c3nc(-c4ccccc4)nc(-n4c5ccccc5c5ccc6c(oc7cc(-c8ccccc8)cc(-c8ccccc8)c76)c54)n3)cc2)cc1. The molecule has 0 aliphatic carbocycles. The average Bonchev–Trinajstić information content (AvgIpc) is 1.56. The Hall–Kier alpha value is -14.5. The number of hydrogen-bond acceptors (Lipinski definition) is 8. The van der Waals surface area contributed by atoms with Crippen LogP contribution in [0, 0.1) is 0 Å². The first-order chi connectivity index (χ1) is 52.6. The van der Waals surface area contributed by atoms with Gasteiger partial charge in [0.1, 0.15) is 22.2 Å². The van der Waals surface area contributed by atoms with Gasteiger partial charge in [-0.1, -0.05) is 315 Å². The first-order valence-corrected chi connectivity index (χ1v) is 35.5. The van der Waals surface area contributed by atoms with Gasteiger partial charge in [0.05, 0.1) is 11.0 Å². The molecule has 0 fully saturated rings. The van der Waals surface area contributed by atoms with Gasteiger partial charge < -0.3 is 8.83 Å². The molecule has 496 valence electrons. The van der Waals surface area contributed by atoms with E-state index in [1.165, 1.54) is 0 Å². The van der Waals surface area contributed by atoms with Gasteiger partial charge in [-0.25, -0.2) is 9.97 Å². The van der Waals surface area contributed by atoms with Crippen LogP contribution in [0.2, 0.25) is 0 Å². The predicted octanol–water partition coefficient (Wildman–Crippen LogP) is 24.7. The minimum atomic E-state index is 0.522. The van der Waals surface area contributed by atoms with E-state index in [1.807, 2.05) is 109 Å². The maximum Gasteiger partial charge on any atom is 0.238 e. The number of para-hydroxylation sites is 2. The van der Waals surface area contributed by atoms with E-state index in [-0.39, 0.29) is 0 Å². The van der Waals surface area contributed by atoms with Gasteiger partial charge in [0.2, 0.25) is 11.9 Å². The topological polar surface area (TPSA) is 113 Å². The number of benzene rings is 15. The van der Waals surface area contributed by atoms with Crippen LogP contribution in [-0.2, 0) is 0 Å². The Morgan fingerprint density at radius 2 is 0.462 bits per heavy atom. The largest absolute Gasteiger partial charge is 0.454 e. The van der Waals surface area contributed by atoms with Crippen molar-refractivity contribution in [2.75, 3.05) is 0 Å². The van der Waals surface area contributed by atoms with Crippen molar-refractivity contribution in [3.05, 3.63) is 364 Å². The maximum atomic E-state index is 7.07. The van der Waals surface area contributed by atoms with E-state index in [1.54, 1.807) is 0 Å². The van der Waals surface area contributed by atoms with Crippen LogP contribution in [0.15, 0.2) is 373 Å². The van der Waals surface area contributed by atoms with Crippen molar-refractivity contribution >= 4 is 87.5 Å². The minimum Gasteiger partial charge on any atom is -0.454 e. The van der Waals surface area contributed by atoms with Crippen molar-refractivity contribution in [1.82, 2.24) is 39.0 Å². The van der Waals surface area contributed by atoms with Gasteiger partial charge in [0, 0.05) is 65.3 Å². The molecule has 0 bridgehead atoms. The summed E-state index contributed by atoms with van der Waals surface area (Å²) in [5, 5.41) is 8.54. The van der Waals surface area contributed by atoms with E-state index < -0.39 is 0 Å². The molecule has 0 radical (unpaired) electrons. The molecule has 0 aliphatic heterocycles. The van der Waals surface area contributed by atoms with Gasteiger partial charge in [-0.15, -0.1) is 0 Å². The fourth-order valence-electron chi connectivity index (χ4n) is 15.2. The van der Waals surface area contributed by atoms with Gasteiger partial charge in [0.15, 0.2) is 34.5 Å². The van der Waals surface area contributed by atoms with Crippen LogP contribution >= 0.6 is 0 Å². The molecule has 0 amide bonds. The van der Waals surface area contributed by atoms with Crippen molar-refractivity contribution in [2.45, 2.75) is 0 Å². The zero-order valence-electron chi connectivity index (χ0n) is 57.0. The molecule has 0 atom stereocenters. The zero-order chi connectivity index (χ0) is 70.0. The second kappa shape index (κ2) is 25.8. The molecule has 0 aliphatic rings. The second-order valence-corrected chi connectivity index (χ2v) is 26.5. The Labute approximate surface area is 608 Å². The fourth-order valence-corrected chi connectivity index (χ4v) is 15.2. The molecular formula is C96H60N8O2. The number of nitrogens with zero attached hydrogens (tertiary/aromatic N) is 8. The molecule has 21 aromatic rings. The second-order valence-electron chi connectivity index (χ2n) is 26.5. The summed E-state index contributed by atoms with van der Waals surface area (Å²) in [7, 11) is 0. The van der Waals surface area contributed by atoms with Gasteiger partial charge in [-0.05, 0) is 104 Å². The van der Waals surface area contributed by atoms with Crippen molar-refractivity contribution < 1.29 is 8.83 Å². The maximum absolute atomic E-state index is 7.07. The number of hydrogen-bond donors (Lipinski definition) is 0. The van der Waals surface area contributed by atoms with Crippen LogP contribution in [0.1, 0.15) is 0 Å². The van der Waals surface area contributed by atoms with Crippen molar-refractivity contribution in [1.29, 1.82) is 0 Å². The highest BCUT2D eigenvalue weighted by molar-refractivity contribution is 6.25.